The summed E-state index contributed by atoms with van der Waals surface area (Å²) in [5, 5.41) is 3.38. The van der Waals surface area contributed by atoms with Crippen LogP contribution in [0.15, 0.2) is 0 Å². The highest BCUT2D eigenvalue weighted by molar-refractivity contribution is 4.94. The molecule has 0 unspecified atom stereocenters. The molecule has 1 fully saturated rings. The lowest BCUT2D eigenvalue weighted by Gasteiger charge is -2.46. The summed E-state index contributed by atoms with van der Waals surface area (Å²) in [5.74, 6) is 0.757. The first-order chi connectivity index (χ1) is 6.36. The zero-order valence-electron chi connectivity index (χ0n) is 10.3. The lowest BCUT2D eigenvalue weighted by Crippen LogP contribution is -2.57. The van der Waals surface area contributed by atoms with Crippen LogP contribution in [0.4, 0.5) is 0 Å². The number of hydrogen-bond donors (Lipinski definition) is 1. The van der Waals surface area contributed by atoms with E-state index in [0.29, 0.717) is 5.41 Å². The highest BCUT2D eigenvalue weighted by Gasteiger charge is 2.39. The van der Waals surface area contributed by atoms with Crippen molar-refractivity contribution in [2.24, 2.45) is 11.3 Å². The molecular weight excluding hydrogens is 174 g/mol. The van der Waals surface area contributed by atoms with Crippen molar-refractivity contribution in [3.05, 3.63) is 0 Å². The van der Waals surface area contributed by atoms with Crippen molar-refractivity contribution in [2.45, 2.75) is 46.6 Å². The summed E-state index contributed by atoms with van der Waals surface area (Å²) < 4.78 is 5.78. The van der Waals surface area contributed by atoms with Gasteiger partial charge >= 0.3 is 0 Å². The predicted molar refractivity (Wildman–Crippen MR) is 60.5 cm³/mol. The van der Waals surface area contributed by atoms with E-state index in [-0.39, 0.29) is 5.60 Å². The summed E-state index contributed by atoms with van der Waals surface area (Å²) in [4.78, 5) is 0. The van der Waals surface area contributed by atoms with Crippen molar-refractivity contribution in [2.75, 3.05) is 19.7 Å². The molecule has 0 spiro atoms. The number of hydrogen-bond acceptors (Lipinski definition) is 2. The molecule has 1 rings (SSSR count). The molecule has 1 heterocycles. The van der Waals surface area contributed by atoms with Crippen LogP contribution in [0.5, 0.6) is 0 Å². The Morgan fingerprint density at radius 2 is 1.86 bits per heavy atom. The minimum atomic E-state index is 0.00927. The fraction of sp³-hybridized carbons (Fsp3) is 1.00. The average Bonchev–Trinajstić information content (AvgIpc) is 1.91. The number of nitrogens with one attached hydrogen (secondary N) is 1. The van der Waals surface area contributed by atoms with Gasteiger partial charge in [-0.25, -0.2) is 0 Å². The average molecular weight is 199 g/mol. The van der Waals surface area contributed by atoms with Gasteiger partial charge in [-0.1, -0.05) is 13.8 Å². The van der Waals surface area contributed by atoms with Gasteiger partial charge in [0.15, 0.2) is 0 Å². The Kier molecular flexibility index (Phi) is 3.59. The molecule has 0 aromatic carbocycles. The molecule has 1 aliphatic heterocycles. The van der Waals surface area contributed by atoms with Crippen molar-refractivity contribution in [1.82, 2.24) is 5.32 Å². The zero-order valence-corrected chi connectivity index (χ0v) is 10.3. The Morgan fingerprint density at radius 3 is 2.14 bits per heavy atom. The molecule has 0 saturated carbocycles. The van der Waals surface area contributed by atoms with E-state index in [9.17, 15) is 0 Å². The van der Waals surface area contributed by atoms with Crippen LogP contribution >= 0.6 is 0 Å². The molecule has 0 bridgehead atoms. The largest absolute Gasteiger partial charge is 0.376 e. The third-order valence-corrected chi connectivity index (χ3v) is 3.31. The van der Waals surface area contributed by atoms with Crippen molar-refractivity contribution < 1.29 is 4.74 Å². The highest BCUT2D eigenvalue weighted by Crippen LogP contribution is 2.35. The summed E-state index contributed by atoms with van der Waals surface area (Å²) in [5.41, 5.74) is 0.514. The van der Waals surface area contributed by atoms with E-state index in [2.05, 4.69) is 39.9 Å². The van der Waals surface area contributed by atoms with E-state index in [4.69, 9.17) is 4.74 Å². The van der Waals surface area contributed by atoms with Crippen molar-refractivity contribution in [3.8, 4) is 0 Å². The summed E-state index contributed by atoms with van der Waals surface area (Å²) in [6.45, 7) is 14.2. The van der Waals surface area contributed by atoms with Crippen LogP contribution < -0.4 is 5.32 Å². The fourth-order valence-corrected chi connectivity index (χ4v) is 1.88. The molecule has 1 aliphatic rings. The molecule has 0 amide bonds. The highest BCUT2D eigenvalue weighted by atomic mass is 16.5. The summed E-state index contributed by atoms with van der Waals surface area (Å²) >= 11 is 0. The standard InChI is InChI=1S/C12H25NO/c1-10(2)12(8-13-9-12)6-7-14-11(3,4)5/h10,13H,6-9H2,1-5H3. The van der Waals surface area contributed by atoms with Crippen LogP contribution in [-0.2, 0) is 4.74 Å². The van der Waals surface area contributed by atoms with Gasteiger partial charge in [0, 0.05) is 19.7 Å². The topological polar surface area (TPSA) is 21.3 Å². The molecule has 14 heavy (non-hydrogen) atoms. The molecule has 0 aromatic heterocycles. The minimum absolute atomic E-state index is 0.00927. The maximum absolute atomic E-state index is 5.78. The van der Waals surface area contributed by atoms with Gasteiger partial charge in [-0.05, 0) is 38.5 Å². The maximum Gasteiger partial charge on any atom is 0.0598 e. The van der Waals surface area contributed by atoms with Gasteiger partial charge < -0.3 is 10.1 Å². The molecule has 0 radical (unpaired) electrons. The van der Waals surface area contributed by atoms with Gasteiger partial charge in [0.2, 0.25) is 0 Å². The summed E-state index contributed by atoms with van der Waals surface area (Å²) in [6.07, 6.45) is 1.19. The molecular formula is C12H25NO. The zero-order chi connectivity index (χ0) is 10.8. The summed E-state index contributed by atoms with van der Waals surface area (Å²) in [7, 11) is 0. The molecule has 1 N–H and O–H groups in total. The lowest BCUT2D eigenvalue weighted by atomic mass is 9.70. The Balaban J connectivity index is 2.29. The van der Waals surface area contributed by atoms with Gasteiger partial charge in [-0.2, -0.15) is 0 Å². The normalized spacial score (nSPS) is 21.0. The van der Waals surface area contributed by atoms with Gasteiger partial charge in [0.25, 0.3) is 0 Å². The van der Waals surface area contributed by atoms with Gasteiger partial charge in [0.1, 0.15) is 0 Å². The van der Waals surface area contributed by atoms with Crippen molar-refractivity contribution in [3.63, 3.8) is 0 Å². The number of rotatable bonds is 4. The predicted octanol–water partition coefficient (Wildman–Crippen LogP) is 2.44. The van der Waals surface area contributed by atoms with E-state index in [1.807, 2.05) is 0 Å². The SMILES string of the molecule is CC(C)C1(CCOC(C)(C)C)CNC1. The minimum Gasteiger partial charge on any atom is -0.376 e. The molecule has 0 atom stereocenters. The van der Waals surface area contributed by atoms with Crippen LogP contribution in [-0.4, -0.2) is 25.3 Å². The monoisotopic (exact) mass is 199 g/mol. The smallest absolute Gasteiger partial charge is 0.0598 e. The molecule has 0 aliphatic carbocycles. The van der Waals surface area contributed by atoms with Crippen molar-refractivity contribution in [1.29, 1.82) is 0 Å². The fourth-order valence-electron chi connectivity index (χ4n) is 1.88. The van der Waals surface area contributed by atoms with E-state index >= 15 is 0 Å². The second-order valence-electron chi connectivity index (χ2n) is 5.83. The first-order valence-corrected chi connectivity index (χ1v) is 5.70. The first-order valence-electron chi connectivity index (χ1n) is 5.70. The second-order valence-corrected chi connectivity index (χ2v) is 5.83. The molecule has 2 nitrogen and oxygen atoms in total. The molecule has 84 valence electrons. The van der Waals surface area contributed by atoms with Crippen LogP contribution in [0.25, 0.3) is 0 Å². The van der Waals surface area contributed by atoms with Crippen LogP contribution in [0, 0.1) is 11.3 Å². The Labute approximate surface area is 88.4 Å². The second kappa shape index (κ2) is 4.19. The van der Waals surface area contributed by atoms with Gasteiger partial charge in [-0.15, -0.1) is 0 Å². The third kappa shape index (κ3) is 2.96. The van der Waals surface area contributed by atoms with Gasteiger partial charge in [-0.3, -0.25) is 0 Å². The summed E-state index contributed by atoms with van der Waals surface area (Å²) in [6, 6.07) is 0. The Bertz CT molecular complexity index is 177. The van der Waals surface area contributed by atoms with E-state index in [1.54, 1.807) is 0 Å². The van der Waals surface area contributed by atoms with E-state index in [0.717, 1.165) is 25.6 Å². The van der Waals surface area contributed by atoms with Crippen LogP contribution in [0.2, 0.25) is 0 Å². The molecule has 1 saturated heterocycles. The number of ether oxygens (including phenoxy) is 1. The van der Waals surface area contributed by atoms with Crippen molar-refractivity contribution >= 4 is 0 Å². The third-order valence-electron chi connectivity index (χ3n) is 3.31. The molecule has 2 heteroatoms. The van der Waals surface area contributed by atoms with Crippen LogP contribution in [0.3, 0.4) is 0 Å². The lowest BCUT2D eigenvalue weighted by molar-refractivity contribution is -0.0362. The molecule has 0 aromatic rings. The van der Waals surface area contributed by atoms with Crippen LogP contribution in [0.1, 0.15) is 41.0 Å². The van der Waals surface area contributed by atoms with Gasteiger partial charge in [0.05, 0.1) is 5.60 Å². The van der Waals surface area contributed by atoms with E-state index < -0.39 is 0 Å². The van der Waals surface area contributed by atoms with E-state index in [1.165, 1.54) is 6.42 Å². The quantitative estimate of drug-likeness (QED) is 0.751. The first kappa shape index (κ1) is 12.0. The maximum atomic E-state index is 5.78. The Hall–Kier alpha value is -0.0800. The Morgan fingerprint density at radius 1 is 1.29 bits per heavy atom.